The van der Waals surface area contributed by atoms with E-state index >= 15 is 0 Å². The van der Waals surface area contributed by atoms with Crippen LogP contribution < -0.4 is 0 Å². The molecule has 2 aliphatic rings. The molecule has 0 aromatic heterocycles. The van der Waals surface area contributed by atoms with Gasteiger partial charge in [0.1, 0.15) is 0 Å². The Morgan fingerprint density at radius 1 is 0.654 bits per heavy atom. The predicted molar refractivity (Wildman–Crippen MR) is 117 cm³/mol. The molecule has 0 N–H and O–H groups in total. The van der Waals surface area contributed by atoms with Gasteiger partial charge in [-0.1, -0.05) is 66.2 Å². The summed E-state index contributed by atoms with van der Waals surface area (Å²) in [5.41, 5.74) is 8.79. The fraction of sp³-hybridized carbons (Fsp3) is 0.667. The minimum atomic E-state index is 0. The molecule has 1 nitrogen and oxygen atoms in total. The summed E-state index contributed by atoms with van der Waals surface area (Å²) >= 11 is 0. The monoisotopic (exact) mass is 432 g/mol. The van der Waals surface area contributed by atoms with Gasteiger partial charge in [-0.05, 0) is 13.8 Å². The number of rotatable bonds is 2. The van der Waals surface area contributed by atoms with Gasteiger partial charge in [-0.25, -0.2) is 11.1 Å². The maximum atomic E-state index is 4.83. The van der Waals surface area contributed by atoms with E-state index < -0.39 is 0 Å². The molecule has 2 heteroatoms. The van der Waals surface area contributed by atoms with Crippen LogP contribution in [0.2, 0.25) is 0 Å². The number of hydrogen-bond acceptors (Lipinski definition) is 1. The molecule has 0 saturated carbocycles. The van der Waals surface area contributed by atoms with Crippen LogP contribution in [0.15, 0.2) is 33.4 Å². The van der Waals surface area contributed by atoms with E-state index in [0.717, 1.165) is 13.2 Å². The quantitative estimate of drug-likeness (QED) is 0.341. The minimum Gasteiger partial charge on any atom is -0.382 e. The molecule has 0 atom stereocenters. The topological polar surface area (TPSA) is 9.23 Å². The van der Waals surface area contributed by atoms with Crippen molar-refractivity contribution in [3.63, 3.8) is 0 Å². The van der Waals surface area contributed by atoms with E-state index in [1.54, 1.807) is 0 Å². The largest absolute Gasteiger partial charge is 2.00 e. The van der Waals surface area contributed by atoms with Crippen LogP contribution in [0.25, 0.3) is 0 Å². The van der Waals surface area contributed by atoms with Gasteiger partial charge in [0.2, 0.25) is 0 Å². The van der Waals surface area contributed by atoms with Crippen LogP contribution in [0.5, 0.6) is 0 Å². The predicted octanol–water partition coefficient (Wildman–Crippen LogP) is 6.89. The molecule has 0 heterocycles. The standard InChI is InChI=1S/2C10H15.C4H10O.Sr/c2*1-7-6-10(4,5)9(3)8(7)2;1-3-5-4-2;/h2*1-5H3;3-4H2,1-2H3;/q2*-1;;+2. The Hall–Kier alpha value is 0.401. The molecule has 0 bridgehead atoms. The number of allylic oxidation sites excluding steroid dienone is 8. The first kappa shape index (κ1) is 28.6. The van der Waals surface area contributed by atoms with E-state index in [9.17, 15) is 0 Å². The molecule has 0 aliphatic heterocycles. The summed E-state index contributed by atoms with van der Waals surface area (Å²) in [5.74, 6) is 0. The Bertz CT molecular complexity index is 531. The first-order chi connectivity index (χ1) is 11.3. The van der Waals surface area contributed by atoms with Crippen LogP contribution >= 0.6 is 0 Å². The smallest absolute Gasteiger partial charge is 0.382 e. The Morgan fingerprint density at radius 2 is 0.923 bits per heavy atom. The van der Waals surface area contributed by atoms with Crippen molar-refractivity contribution >= 4 is 45.5 Å². The van der Waals surface area contributed by atoms with Gasteiger partial charge in [-0.2, -0.15) is 22.3 Å². The maximum Gasteiger partial charge on any atom is 2.00 e. The third-order valence-electron chi connectivity index (χ3n) is 5.53. The van der Waals surface area contributed by atoms with Crippen LogP contribution in [0, 0.1) is 23.0 Å². The van der Waals surface area contributed by atoms with Crippen molar-refractivity contribution in [2.75, 3.05) is 13.2 Å². The zero-order valence-electron chi connectivity index (χ0n) is 19.5. The van der Waals surface area contributed by atoms with E-state index in [1.807, 2.05) is 13.8 Å². The molecule has 144 valence electrons. The van der Waals surface area contributed by atoms with E-state index in [4.69, 9.17) is 4.74 Å². The molecule has 26 heavy (non-hydrogen) atoms. The molecule has 0 radical (unpaired) electrons. The average Bonchev–Trinajstić information content (AvgIpc) is 2.80. The Labute approximate surface area is 201 Å². The van der Waals surface area contributed by atoms with Crippen molar-refractivity contribution in [2.24, 2.45) is 10.8 Å². The first-order valence-corrected chi connectivity index (χ1v) is 9.49. The van der Waals surface area contributed by atoms with Gasteiger partial charge in [-0.15, -0.1) is 13.8 Å². The van der Waals surface area contributed by atoms with Crippen molar-refractivity contribution in [1.29, 1.82) is 0 Å². The van der Waals surface area contributed by atoms with Crippen molar-refractivity contribution in [3.05, 3.63) is 45.6 Å². The summed E-state index contributed by atoms with van der Waals surface area (Å²) in [6, 6.07) is 0. The summed E-state index contributed by atoms with van der Waals surface area (Å²) in [6.45, 7) is 27.5. The van der Waals surface area contributed by atoms with Gasteiger partial charge < -0.3 is 4.74 Å². The summed E-state index contributed by atoms with van der Waals surface area (Å²) < 4.78 is 4.83. The van der Waals surface area contributed by atoms with Gasteiger partial charge in [0.25, 0.3) is 0 Å². The van der Waals surface area contributed by atoms with Crippen molar-refractivity contribution in [1.82, 2.24) is 0 Å². The SMILES string of the molecule is CC1=[C-]C(C)(C)C(C)=C1C.CC1=[C-]C(C)(C)C(C)=C1C.CCOCC.[Sr+2]. The minimum absolute atomic E-state index is 0. The Balaban J connectivity index is 0. The van der Waals surface area contributed by atoms with Gasteiger partial charge >= 0.3 is 45.5 Å². The normalized spacial score (nSPS) is 19.7. The average molecular weight is 432 g/mol. The van der Waals surface area contributed by atoms with Crippen molar-refractivity contribution in [3.8, 4) is 0 Å². The first-order valence-electron chi connectivity index (χ1n) is 9.49. The number of hydrogen-bond donors (Lipinski definition) is 0. The molecule has 2 aliphatic carbocycles. The molecular weight excluding hydrogens is 392 g/mol. The zero-order chi connectivity index (χ0) is 20.0. The maximum absolute atomic E-state index is 4.83. The summed E-state index contributed by atoms with van der Waals surface area (Å²) in [5, 5.41) is 0. The van der Waals surface area contributed by atoms with E-state index in [0.29, 0.717) is 0 Å². The molecule has 0 unspecified atom stereocenters. The van der Waals surface area contributed by atoms with E-state index in [-0.39, 0.29) is 56.3 Å². The molecule has 0 spiro atoms. The van der Waals surface area contributed by atoms with Crippen LogP contribution in [-0.2, 0) is 4.74 Å². The van der Waals surface area contributed by atoms with Crippen molar-refractivity contribution < 1.29 is 4.74 Å². The zero-order valence-corrected chi connectivity index (χ0v) is 23.0. The van der Waals surface area contributed by atoms with E-state index in [2.05, 4.69) is 81.4 Å². The molecule has 0 aromatic rings. The molecule has 0 saturated heterocycles. The molecule has 2 rings (SSSR count). The van der Waals surface area contributed by atoms with Crippen LogP contribution in [0.4, 0.5) is 0 Å². The van der Waals surface area contributed by atoms with Gasteiger partial charge in [0.05, 0.1) is 0 Å². The molecule has 0 fully saturated rings. The van der Waals surface area contributed by atoms with Gasteiger partial charge in [0, 0.05) is 13.2 Å². The molecular formula is C24H40OSr. The van der Waals surface area contributed by atoms with Gasteiger partial charge in [0.15, 0.2) is 0 Å². The summed E-state index contributed by atoms with van der Waals surface area (Å²) in [4.78, 5) is 0. The molecule has 0 aromatic carbocycles. The fourth-order valence-corrected chi connectivity index (χ4v) is 3.02. The van der Waals surface area contributed by atoms with Gasteiger partial charge in [-0.3, -0.25) is 12.2 Å². The number of ether oxygens (including phenoxy) is 1. The fourth-order valence-electron chi connectivity index (χ4n) is 3.02. The van der Waals surface area contributed by atoms with Crippen LogP contribution in [0.1, 0.15) is 83.1 Å². The molecule has 0 amide bonds. The van der Waals surface area contributed by atoms with Crippen molar-refractivity contribution in [2.45, 2.75) is 83.1 Å². The second kappa shape index (κ2) is 12.1. The third-order valence-corrected chi connectivity index (χ3v) is 5.53. The Kier molecular flexibility index (Phi) is 13.3. The summed E-state index contributed by atoms with van der Waals surface area (Å²) in [7, 11) is 0. The summed E-state index contributed by atoms with van der Waals surface area (Å²) in [6.07, 6.45) is 6.87. The Morgan fingerprint density at radius 3 is 0.962 bits per heavy atom. The van der Waals surface area contributed by atoms with E-state index in [1.165, 1.54) is 33.4 Å². The third kappa shape index (κ3) is 8.19. The second-order valence-corrected chi connectivity index (χ2v) is 8.03. The van der Waals surface area contributed by atoms with Crippen LogP contribution in [0.3, 0.4) is 0 Å². The van der Waals surface area contributed by atoms with Crippen LogP contribution in [-0.4, -0.2) is 58.7 Å². The second-order valence-electron chi connectivity index (χ2n) is 8.03.